The van der Waals surface area contributed by atoms with Gasteiger partial charge in [0.05, 0.1) is 5.02 Å². The van der Waals surface area contributed by atoms with Crippen LogP contribution in [0.25, 0.3) is 0 Å². The molecule has 0 saturated carbocycles. The highest BCUT2D eigenvalue weighted by molar-refractivity contribution is 6.31. The summed E-state index contributed by atoms with van der Waals surface area (Å²) in [5.41, 5.74) is 1.88. The molecule has 1 N–H and O–H groups in total. The number of nitrogens with one attached hydrogen (secondary N) is 1. The Morgan fingerprint density at radius 3 is 2.86 bits per heavy atom. The summed E-state index contributed by atoms with van der Waals surface area (Å²) in [7, 11) is 0. The maximum atomic E-state index is 13.0. The van der Waals surface area contributed by atoms with Gasteiger partial charge in [0.2, 0.25) is 0 Å². The molecule has 0 radical (unpaired) electrons. The predicted molar refractivity (Wildman–Crippen MR) is 84.1 cm³/mol. The molecule has 4 heteroatoms. The van der Waals surface area contributed by atoms with Crippen molar-refractivity contribution < 1.29 is 9.13 Å². The molecular weight excluding hydrogens is 289 g/mol. The maximum Gasteiger partial charge on any atom is 0.124 e. The van der Waals surface area contributed by atoms with Crippen LogP contribution in [-0.2, 0) is 13.2 Å². The Bertz CT molecular complexity index is 615. The average molecular weight is 306 g/mol. The summed E-state index contributed by atoms with van der Waals surface area (Å²) in [4.78, 5) is 0. The maximum absolute atomic E-state index is 13.0. The van der Waals surface area contributed by atoms with E-state index in [4.69, 9.17) is 16.3 Å². The van der Waals surface area contributed by atoms with E-state index in [0.717, 1.165) is 30.0 Å². The molecule has 2 rings (SSSR count). The highest BCUT2D eigenvalue weighted by Crippen LogP contribution is 2.20. The van der Waals surface area contributed by atoms with Crippen LogP contribution in [0.3, 0.4) is 0 Å². The second-order valence-electron chi connectivity index (χ2n) is 4.59. The van der Waals surface area contributed by atoms with Crippen LogP contribution < -0.4 is 10.1 Å². The van der Waals surface area contributed by atoms with Crippen molar-refractivity contribution in [2.45, 2.75) is 13.2 Å². The lowest BCUT2D eigenvalue weighted by molar-refractivity contribution is 0.306. The SMILES string of the molecule is C=CCNCc1cccc(OCc2ccc(F)cc2Cl)c1. The summed E-state index contributed by atoms with van der Waals surface area (Å²) in [6.45, 7) is 5.48. The van der Waals surface area contributed by atoms with E-state index in [1.54, 1.807) is 6.07 Å². The lowest BCUT2D eigenvalue weighted by atomic mass is 10.2. The van der Waals surface area contributed by atoms with Gasteiger partial charge in [-0.3, -0.25) is 0 Å². The minimum atomic E-state index is -0.348. The fourth-order valence-electron chi connectivity index (χ4n) is 1.86. The van der Waals surface area contributed by atoms with Crippen molar-refractivity contribution in [3.63, 3.8) is 0 Å². The van der Waals surface area contributed by atoms with E-state index in [1.165, 1.54) is 12.1 Å². The Morgan fingerprint density at radius 2 is 2.10 bits per heavy atom. The highest BCUT2D eigenvalue weighted by atomic mass is 35.5. The number of hydrogen-bond donors (Lipinski definition) is 1. The van der Waals surface area contributed by atoms with Crippen LogP contribution >= 0.6 is 11.6 Å². The van der Waals surface area contributed by atoms with Gasteiger partial charge in [-0.2, -0.15) is 0 Å². The van der Waals surface area contributed by atoms with Crippen molar-refractivity contribution >= 4 is 11.6 Å². The zero-order valence-electron chi connectivity index (χ0n) is 11.6. The lowest BCUT2D eigenvalue weighted by Crippen LogP contribution is -2.12. The van der Waals surface area contributed by atoms with Crippen LogP contribution in [0.15, 0.2) is 55.1 Å². The Labute approximate surface area is 129 Å². The molecule has 0 aliphatic rings. The number of ether oxygens (including phenoxy) is 1. The Kier molecular flexibility index (Phi) is 5.78. The molecule has 0 atom stereocenters. The van der Waals surface area contributed by atoms with E-state index < -0.39 is 0 Å². The second-order valence-corrected chi connectivity index (χ2v) is 5.00. The average Bonchev–Trinajstić information content (AvgIpc) is 2.47. The number of benzene rings is 2. The third-order valence-corrected chi connectivity index (χ3v) is 3.28. The van der Waals surface area contributed by atoms with E-state index in [0.29, 0.717) is 11.6 Å². The minimum absolute atomic E-state index is 0.308. The first-order chi connectivity index (χ1) is 10.2. The smallest absolute Gasteiger partial charge is 0.124 e. The molecule has 0 bridgehead atoms. The van der Waals surface area contributed by atoms with Crippen LogP contribution in [0.4, 0.5) is 4.39 Å². The van der Waals surface area contributed by atoms with E-state index >= 15 is 0 Å². The Hall–Kier alpha value is -1.84. The van der Waals surface area contributed by atoms with Gasteiger partial charge in [-0.1, -0.05) is 35.9 Å². The summed E-state index contributed by atoms with van der Waals surface area (Å²) in [5.74, 6) is 0.410. The summed E-state index contributed by atoms with van der Waals surface area (Å²) in [5, 5.41) is 3.61. The third kappa shape index (κ3) is 4.88. The van der Waals surface area contributed by atoms with Gasteiger partial charge in [-0.15, -0.1) is 6.58 Å². The van der Waals surface area contributed by atoms with Crippen LogP contribution in [-0.4, -0.2) is 6.54 Å². The minimum Gasteiger partial charge on any atom is -0.489 e. The van der Waals surface area contributed by atoms with Gasteiger partial charge in [0, 0.05) is 18.7 Å². The van der Waals surface area contributed by atoms with E-state index in [9.17, 15) is 4.39 Å². The molecule has 2 aromatic rings. The molecule has 0 fully saturated rings. The molecule has 0 spiro atoms. The largest absolute Gasteiger partial charge is 0.489 e. The molecule has 0 amide bonds. The van der Waals surface area contributed by atoms with Crippen molar-refractivity contribution in [2.75, 3.05) is 6.54 Å². The van der Waals surface area contributed by atoms with Crippen molar-refractivity contribution in [2.24, 2.45) is 0 Å². The fraction of sp³-hybridized carbons (Fsp3) is 0.176. The van der Waals surface area contributed by atoms with E-state index in [-0.39, 0.29) is 5.82 Å². The quantitative estimate of drug-likeness (QED) is 0.607. The molecule has 110 valence electrons. The van der Waals surface area contributed by atoms with Gasteiger partial charge in [-0.25, -0.2) is 4.39 Å². The summed E-state index contributed by atoms with van der Waals surface area (Å²) in [6, 6.07) is 12.1. The first-order valence-corrected chi connectivity index (χ1v) is 7.04. The molecule has 21 heavy (non-hydrogen) atoms. The zero-order valence-corrected chi connectivity index (χ0v) is 12.4. The Balaban J connectivity index is 1.96. The highest BCUT2D eigenvalue weighted by Gasteiger charge is 2.03. The fourth-order valence-corrected chi connectivity index (χ4v) is 2.09. The number of hydrogen-bond acceptors (Lipinski definition) is 2. The second kappa shape index (κ2) is 7.81. The molecule has 0 aromatic heterocycles. The topological polar surface area (TPSA) is 21.3 Å². The van der Waals surface area contributed by atoms with Crippen molar-refractivity contribution in [1.82, 2.24) is 5.32 Å². The predicted octanol–water partition coefficient (Wildman–Crippen LogP) is 4.33. The molecule has 0 aliphatic carbocycles. The molecule has 0 aliphatic heterocycles. The van der Waals surface area contributed by atoms with Gasteiger partial charge in [-0.05, 0) is 29.8 Å². The van der Waals surface area contributed by atoms with Crippen molar-refractivity contribution in [1.29, 1.82) is 0 Å². The third-order valence-electron chi connectivity index (χ3n) is 2.93. The molecule has 2 nitrogen and oxygen atoms in total. The molecule has 0 heterocycles. The Morgan fingerprint density at radius 1 is 1.24 bits per heavy atom. The van der Waals surface area contributed by atoms with Gasteiger partial charge < -0.3 is 10.1 Å². The van der Waals surface area contributed by atoms with E-state index in [2.05, 4.69) is 11.9 Å². The zero-order chi connectivity index (χ0) is 15.1. The summed E-state index contributed by atoms with van der Waals surface area (Å²) < 4.78 is 18.7. The van der Waals surface area contributed by atoms with Gasteiger partial charge in [0.1, 0.15) is 18.2 Å². The van der Waals surface area contributed by atoms with E-state index in [1.807, 2.05) is 30.3 Å². The first kappa shape index (κ1) is 15.5. The van der Waals surface area contributed by atoms with Crippen LogP contribution in [0.1, 0.15) is 11.1 Å². The first-order valence-electron chi connectivity index (χ1n) is 6.66. The van der Waals surface area contributed by atoms with Crippen LogP contribution in [0, 0.1) is 5.82 Å². The number of rotatable bonds is 7. The van der Waals surface area contributed by atoms with Gasteiger partial charge in [0.25, 0.3) is 0 Å². The normalized spacial score (nSPS) is 10.4. The molecule has 0 unspecified atom stereocenters. The van der Waals surface area contributed by atoms with Gasteiger partial charge in [0.15, 0.2) is 0 Å². The standard InChI is InChI=1S/C17H17ClFNO/c1-2-8-20-11-13-4-3-5-16(9-13)21-12-14-6-7-15(19)10-17(14)18/h2-7,9-10,20H,1,8,11-12H2. The van der Waals surface area contributed by atoms with Crippen molar-refractivity contribution in [3.05, 3.63) is 77.1 Å². The molecule has 2 aromatic carbocycles. The molecular formula is C17H17ClFNO. The summed E-state index contributed by atoms with van der Waals surface area (Å²) >= 11 is 5.97. The number of halogens is 2. The van der Waals surface area contributed by atoms with Crippen LogP contribution in [0.2, 0.25) is 5.02 Å². The van der Waals surface area contributed by atoms with Gasteiger partial charge >= 0.3 is 0 Å². The lowest BCUT2D eigenvalue weighted by Gasteiger charge is -2.09. The molecule has 0 saturated heterocycles. The van der Waals surface area contributed by atoms with Crippen LogP contribution in [0.5, 0.6) is 5.75 Å². The monoisotopic (exact) mass is 305 g/mol. The van der Waals surface area contributed by atoms with Crippen molar-refractivity contribution in [3.8, 4) is 5.75 Å². The summed E-state index contributed by atoms with van der Waals surface area (Å²) in [6.07, 6.45) is 1.82.